The molecule has 0 aliphatic rings. The molecule has 2 aromatic carbocycles. The average molecular weight is 327 g/mol. The van der Waals surface area contributed by atoms with E-state index < -0.39 is 0 Å². The minimum Gasteiger partial charge on any atom is -0.360 e. The van der Waals surface area contributed by atoms with Crippen LogP contribution < -0.4 is 5.32 Å². The average Bonchev–Trinajstić information content (AvgIpc) is 3.32. The summed E-state index contributed by atoms with van der Waals surface area (Å²) in [5.74, 6) is 0.252. The number of allylic oxidation sites excluding steroid dienone is 1. The van der Waals surface area contributed by atoms with E-state index in [0.717, 1.165) is 22.5 Å². The quantitative estimate of drug-likeness (QED) is 0.499. The fraction of sp³-hybridized carbons (Fsp3) is 0. The van der Waals surface area contributed by atoms with Crippen molar-refractivity contribution >= 4 is 22.2 Å². The van der Waals surface area contributed by atoms with E-state index >= 15 is 0 Å². The molecule has 120 valence electrons. The van der Waals surface area contributed by atoms with Crippen molar-refractivity contribution < 1.29 is 0 Å². The van der Waals surface area contributed by atoms with E-state index in [-0.39, 0.29) is 5.82 Å². The molecule has 0 atom stereocenters. The molecule has 2 aromatic heterocycles. The molecule has 0 radical (unpaired) electrons. The zero-order chi connectivity index (χ0) is 17.1. The highest BCUT2D eigenvalue weighted by molar-refractivity contribution is 5.86. The molecule has 3 N–H and O–H groups in total. The molecule has 25 heavy (non-hydrogen) atoms. The predicted molar refractivity (Wildman–Crippen MR) is 95.1 cm³/mol. The molecule has 0 fully saturated rings. The van der Waals surface area contributed by atoms with Gasteiger partial charge in [-0.25, -0.2) is 0 Å². The number of hydrogen-bond donors (Lipinski definition) is 3. The SMILES string of the molecule is N#CC(=CNc1cccc(-c2cc3ccccc3[nH]2)c1)c1nn[nH]n1. The Labute approximate surface area is 143 Å². The van der Waals surface area contributed by atoms with Crippen LogP contribution in [0.25, 0.3) is 27.7 Å². The van der Waals surface area contributed by atoms with Crippen molar-refractivity contribution in [2.75, 3.05) is 5.32 Å². The van der Waals surface area contributed by atoms with E-state index in [1.165, 1.54) is 5.39 Å². The number of nitrogens with zero attached hydrogens (tertiary/aromatic N) is 4. The van der Waals surface area contributed by atoms with Crippen molar-refractivity contribution in [2.24, 2.45) is 0 Å². The number of benzene rings is 2. The van der Waals surface area contributed by atoms with Gasteiger partial charge in [-0.15, -0.1) is 10.2 Å². The van der Waals surface area contributed by atoms with Gasteiger partial charge >= 0.3 is 0 Å². The molecule has 0 aliphatic carbocycles. The van der Waals surface area contributed by atoms with Gasteiger partial charge < -0.3 is 10.3 Å². The van der Waals surface area contributed by atoms with Crippen molar-refractivity contribution in [3.63, 3.8) is 0 Å². The van der Waals surface area contributed by atoms with Crippen molar-refractivity contribution in [1.29, 1.82) is 5.26 Å². The second kappa shape index (κ2) is 6.29. The molecule has 0 saturated carbocycles. The van der Waals surface area contributed by atoms with Gasteiger partial charge in [-0.3, -0.25) is 0 Å². The van der Waals surface area contributed by atoms with Gasteiger partial charge in [-0.2, -0.15) is 10.5 Å². The summed E-state index contributed by atoms with van der Waals surface area (Å²) >= 11 is 0. The molecule has 0 unspecified atom stereocenters. The topological polar surface area (TPSA) is 106 Å². The molecule has 0 amide bonds. The summed E-state index contributed by atoms with van der Waals surface area (Å²) < 4.78 is 0. The zero-order valence-electron chi connectivity index (χ0n) is 13.1. The molecule has 0 aliphatic heterocycles. The van der Waals surface area contributed by atoms with Gasteiger partial charge in [0, 0.05) is 34.0 Å². The number of para-hydroxylation sites is 1. The summed E-state index contributed by atoms with van der Waals surface area (Å²) in [5.41, 5.74) is 4.33. The molecule has 0 saturated heterocycles. The third kappa shape index (κ3) is 2.96. The lowest BCUT2D eigenvalue weighted by atomic mass is 10.1. The molecule has 0 spiro atoms. The number of aromatic amines is 2. The standard InChI is InChI=1S/C18H13N7/c19-10-14(18-22-24-25-23-18)11-20-15-6-3-5-12(8-15)17-9-13-4-1-2-7-16(13)21-17/h1-9,11,20-21H,(H,22,23,24,25). The minimum atomic E-state index is 0.252. The fourth-order valence-electron chi connectivity index (χ4n) is 2.58. The number of anilines is 1. The maximum atomic E-state index is 9.20. The second-order valence-electron chi connectivity index (χ2n) is 5.40. The van der Waals surface area contributed by atoms with Gasteiger partial charge in [0.15, 0.2) is 0 Å². The number of aromatic nitrogens is 5. The van der Waals surface area contributed by atoms with Crippen LogP contribution in [0.15, 0.2) is 60.8 Å². The first kappa shape index (κ1) is 14.7. The maximum Gasteiger partial charge on any atom is 0.216 e. The lowest BCUT2D eigenvalue weighted by Crippen LogP contribution is -1.93. The second-order valence-corrected chi connectivity index (χ2v) is 5.40. The Morgan fingerprint density at radius 1 is 1.12 bits per heavy atom. The van der Waals surface area contributed by atoms with Crippen LogP contribution in [0, 0.1) is 11.3 Å². The van der Waals surface area contributed by atoms with Gasteiger partial charge in [-0.1, -0.05) is 30.3 Å². The Bertz CT molecular complexity index is 1050. The normalized spacial score (nSPS) is 11.4. The van der Waals surface area contributed by atoms with Crippen LogP contribution in [0.5, 0.6) is 0 Å². The highest BCUT2D eigenvalue weighted by atomic mass is 15.5. The summed E-state index contributed by atoms with van der Waals surface area (Å²) in [4.78, 5) is 3.41. The molecule has 7 nitrogen and oxygen atoms in total. The molecular formula is C18H13N7. The number of nitrogens with one attached hydrogen (secondary N) is 3. The third-order valence-electron chi connectivity index (χ3n) is 3.79. The third-order valence-corrected chi connectivity index (χ3v) is 3.79. The van der Waals surface area contributed by atoms with Crippen LogP contribution in [0.2, 0.25) is 0 Å². The Morgan fingerprint density at radius 2 is 2.04 bits per heavy atom. The largest absolute Gasteiger partial charge is 0.360 e. The molecule has 2 heterocycles. The Kier molecular flexibility index (Phi) is 3.69. The maximum absolute atomic E-state index is 9.20. The van der Waals surface area contributed by atoms with Crippen LogP contribution in [0.4, 0.5) is 5.69 Å². The van der Waals surface area contributed by atoms with Crippen LogP contribution in [0.1, 0.15) is 5.82 Å². The van der Waals surface area contributed by atoms with Gasteiger partial charge in [0.05, 0.1) is 0 Å². The number of nitriles is 1. The molecule has 4 aromatic rings. The van der Waals surface area contributed by atoms with Crippen LogP contribution in [0.3, 0.4) is 0 Å². The van der Waals surface area contributed by atoms with Gasteiger partial charge in [-0.05, 0) is 29.5 Å². The highest BCUT2D eigenvalue weighted by Gasteiger charge is 2.06. The minimum absolute atomic E-state index is 0.252. The monoisotopic (exact) mass is 327 g/mol. The molecular weight excluding hydrogens is 314 g/mol. The molecule has 0 bridgehead atoms. The zero-order valence-corrected chi connectivity index (χ0v) is 13.1. The first-order valence-electron chi connectivity index (χ1n) is 7.62. The summed E-state index contributed by atoms with van der Waals surface area (Å²) in [7, 11) is 0. The lowest BCUT2D eigenvalue weighted by Gasteiger charge is -2.04. The van der Waals surface area contributed by atoms with E-state index in [4.69, 9.17) is 0 Å². The van der Waals surface area contributed by atoms with Crippen molar-refractivity contribution in [3.05, 3.63) is 66.6 Å². The Morgan fingerprint density at radius 3 is 2.84 bits per heavy atom. The molecule has 7 heteroatoms. The van der Waals surface area contributed by atoms with Gasteiger partial charge in [0.25, 0.3) is 0 Å². The van der Waals surface area contributed by atoms with E-state index in [0.29, 0.717) is 5.57 Å². The first-order chi connectivity index (χ1) is 12.3. The van der Waals surface area contributed by atoms with E-state index in [1.54, 1.807) is 6.20 Å². The van der Waals surface area contributed by atoms with E-state index in [1.807, 2.05) is 48.5 Å². The smallest absolute Gasteiger partial charge is 0.216 e. The number of rotatable bonds is 4. The fourth-order valence-corrected chi connectivity index (χ4v) is 2.58. The first-order valence-corrected chi connectivity index (χ1v) is 7.62. The van der Waals surface area contributed by atoms with Crippen LogP contribution >= 0.6 is 0 Å². The number of tetrazole rings is 1. The van der Waals surface area contributed by atoms with Gasteiger partial charge in [0.2, 0.25) is 5.82 Å². The van der Waals surface area contributed by atoms with Crippen LogP contribution in [-0.4, -0.2) is 25.6 Å². The van der Waals surface area contributed by atoms with E-state index in [9.17, 15) is 5.26 Å². The number of fused-ring (bicyclic) bond motifs is 1. The van der Waals surface area contributed by atoms with Crippen molar-refractivity contribution in [2.45, 2.75) is 0 Å². The van der Waals surface area contributed by atoms with Crippen molar-refractivity contribution in [3.8, 4) is 17.3 Å². The predicted octanol–water partition coefficient (Wildman–Crippen LogP) is 3.32. The lowest BCUT2D eigenvalue weighted by molar-refractivity contribution is 0.881. The van der Waals surface area contributed by atoms with Crippen LogP contribution in [-0.2, 0) is 0 Å². The summed E-state index contributed by atoms with van der Waals surface area (Å²) in [5, 5.41) is 26.9. The summed E-state index contributed by atoms with van der Waals surface area (Å²) in [6.07, 6.45) is 1.56. The highest BCUT2D eigenvalue weighted by Crippen LogP contribution is 2.26. The Hall–Kier alpha value is -3.92. The summed E-state index contributed by atoms with van der Waals surface area (Å²) in [6, 6.07) is 20.2. The Balaban J connectivity index is 1.62. The number of hydrogen-bond acceptors (Lipinski definition) is 5. The summed E-state index contributed by atoms with van der Waals surface area (Å²) in [6.45, 7) is 0. The van der Waals surface area contributed by atoms with Gasteiger partial charge in [0.1, 0.15) is 11.6 Å². The molecule has 4 rings (SSSR count). The number of H-pyrrole nitrogens is 2. The van der Waals surface area contributed by atoms with Crippen molar-refractivity contribution in [1.82, 2.24) is 25.6 Å². The van der Waals surface area contributed by atoms with E-state index in [2.05, 4.69) is 43.1 Å².